The second-order valence-electron chi connectivity index (χ2n) is 8.11. The third-order valence-corrected chi connectivity index (χ3v) is 7.73. The number of nitrogens with one attached hydrogen (secondary N) is 1. The molecule has 0 bridgehead atoms. The molecule has 1 aliphatic heterocycles. The van der Waals surface area contributed by atoms with E-state index in [2.05, 4.69) is 5.32 Å². The van der Waals surface area contributed by atoms with Gasteiger partial charge in [-0.3, -0.25) is 4.79 Å². The Labute approximate surface area is 183 Å². The Morgan fingerprint density at radius 2 is 1.48 bits per heavy atom. The van der Waals surface area contributed by atoms with Crippen LogP contribution in [0, 0.1) is 20.8 Å². The molecule has 0 fully saturated rings. The lowest BCUT2D eigenvalue weighted by Gasteiger charge is -2.35. The SMILES string of the molecule is Cc1ccc(S(=O)(=O)N2Cc3ccccc3CC2C(=O)Nc2c(C)cccc2C)cc1. The van der Waals surface area contributed by atoms with Crippen molar-refractivity contribution in [2.75, 3.05) is 5.32 Å². The highest BCUT2D eigenvalue weighted by molar-refractivity contribution is 7.89. The smallest absolute Gasteiger partial charge is 0.244 e. The maximum absolute atomic E-state index is 13.6. The van der Waals surface area contributed by atoms with Crippen molar-refractivity contribution in [3.05, 3.63) is 94.5 Å². The van der Waals surface area contributed by atoms with E-state index >= 15 is 0 Å². The van der Waals surface area contributed by atoms with Crippen LogP contribution in [-0.2, 0) is 27.8 Å². The first-order valence-corrected chi connectivity index (χ1v) is 11.7. The number of hydrogen-bond donors (Lipinski definition) is 1. The fourth-order valence-electron chi connectivity index (χ4n) is 4.04. The van der Waals surface area contributed by atoms with Gasteiger partial charge in [0.15, 0.2) is 0 Å². The predicted octanol–water partition coefficient (Wildman–Crippen LogP) is 4.37. The van der Waals surface area contributed by atoms with Gasteiger partial charge < -0.3 is 5.32 Å². The van der Waals surface area contributed by atoms with Crippen LogP contribution >= 0.6 is 0 Å². The molecule has 1 amide bonds. The third-order valence-electron chi connectivity index (χ3n) is 5.87. The van der Waals surface area contributed by atoms with Crippen molar-refractivity contribution in [1.82, 2.24) is 4.31 Å². The first-order chi connectivity index (χ1) is 14.8. The Balaban J connectivity index is 1.74. The number of benzene rings is 3. The second kappa shape index (κ2) is 8.29. The lowest BCUT2D eigenvalue weighted by molar-refractivity contribution is -0.120. The molecule has 0 saturated carbocycles. The van der Waals surface area contributed by atoms with Gasteiger partial charge in [-0.05, 0) is 61.6 Å². The molecular formula is C25H26N2O3S. The van der Waals surface area contributed by atoms with Crippen molar-refractivity contribution in [3.8, 4) is 0 Å². The van der Waals surface area contributed by atoms with Gasteiger partial charge in [-0.25, -0.2) is 8.42 Å². The molecule has 5 nitrogen and oxygen atoms in total. The number of amides is 1. The molecule has 3 aromatic rings. The number of fused-ring (bicyclic) bond motifs is 1. The largest absolute Gasteiger partial charge is 0.324 e. The van der Waals surface area contributed by atoms with Crippen LogP contribution in [0.2, 0.25) is 0 Å². The van der Waals surface area contributed by atoms with Crippen LogP contribution in [0.4, 0.5) is 5.69 Å². The summed E-state index contributed by atoms with van der Waals surface area (Å²) in [4.78, 5) is 13.6. The maximum atomic E-state index is 13.6. The van der Waals surface area contributed by atoms with E-state index in [0.29, 0.717) is 6.42 Å². The Morgan fingerprint density at radius 1 is 0.871 bits per heavy atom. The minimum atomic E-state index is -3.86. The van der Waals surface area contributed by atoms with Gasteiger partial charge in [0, 0.05) is 12.2 Å². The normalized spacial score (nSPS) is 16.5. The summed E-state index contributed by atoms with van der Waals surface area (Å²) in [5.41, 5.74) is 5.52. The Bertz CT molecular complexity index is 1210. The van der Waals surface area contributed by atoms with E-state index in [1.807, 2.05) is 63.2 Å². The van der Waals surface area contributed by atoms with E-state index in [4.69, 9.17) is 0 Å². The van der Waals surface area contributed by atoms with Crippen molar-refractivity contribution in [1.29, 1.82) is 0 Å². The topological polar surface area (TPSA) is 66.5 Å². The molecule has 160 valence electrons. The van der Waals surface area contributed by atoms with Gasteiger partial charge in [-0.1, -0.05) is 60.2 Å². The van der Waals surface area contributed by atoms with Crippen LogP contribution in [0.5, 0.6) is 0 Å². The van der Waals surface area contributed by atoms with E-state index in [1.165, 1.54) is 4.31 Å². The van der Waals surface area contributed by atoms with Crippen molar-refractivity contribution >= 4 is 21.6 Å². The molecule has 0 aliphatic carbocycles. The average Bonchev–Trinajstić information content (AvgIpc) is 2.75. The number of carbonyl (C=O) groups is 1. The van der Waals surface area contributed by atoms with Gasteiger partial charge in [-0.2, -0.15) is 4.31 Å². The van der Waals surface area contributed by atoms with Crippen LogP contribution in [0.25, 0.3) is 0 Å². The highest BCUT2D eigenvalue weighted by Gasteiger charge is 2.39. The molecule has 1 heterocycles. The van der Waals surface area contributed by atoms with Crippen molar-refractivity contribution in [2.45, 2.75) is 44.7 Å². The van der Waals surface area contributed by atoms with Crippen molar-refractivity contribution < 1.29 is 13.2 Å². The monoisotopic (exact) mass is 434 g/mol. The molecule has 6 heteroatoms. The summed E-state index contributed by atoms with van der Waals surface area (Å²) in [6.45, 7) is 5.94. The first kappa shape index (κ1) is 21.3. The predicted molar refractivity (Wildman–Crippen MR) is 122 cm³/mol. The summed E-state index contributed by atoms with van der Waals surface area (Å²) in [6.07, 6.45) is 0.331. The zero-order chi connectivity index (χ0) is 22.2. The number of carbonyl (C=O) groups excluding carboxylic acids is 1. The molecule has 0 radical (unpaired) electrons. The minimum absolute atomic E-state index is 0.164. The van der Waals surface area contributed by atoms with Crippen LogP contribution in [-0.4, -0.2) is 24.7 Å². The maximum Gasteiger partial charge on any atom is 0.244 e. The van der Waals surface area contributed by atoms with Gasteiger partial charge in [0.1, 0.15) is 6.04 Å². The van der Waals surface area contributed by atoms with E-state index < -0.39 is 16.1 Å². The zero-order valence-corrected chi connectivity index (χ0v) is 18.7. The molecule has 0 spiro atoms. The lowest BCUT2D eigenvalue weighted by Crippen LogP contribution is -2.50. The highest BCUT2D eigenvalue weighted by atomic mass is 32.2. The fraction of sp³-hybridized carbons (Fsp3) is 0.240. The molecule has 0 saturated heterocycles. The summed E-state index contributed by atoms with van der Waals surface area (Å²) in [5, 5.41) is 3.00. The standard InChI is InChI=1S/C25H26N2O3S/c1-17-11-13-22(14-12-17)31(29,30)27-16-21-10-5-4-9-20(21)15-23(27)25(28)26-24-18(2)7-6-8-19(24)3/h4-14,23H,15-16H2,1-3H3,(H,26,28). The minimum Gasteiger partial charge on any atom is -0.324 e. The van der Waals surface area contributed by atoms with Crippen LogP contribution < -0.4 is 5.32 Å². The molecule has 1 unspecified atom stereocenters. The summed E-state index contributed by atoms with van der Waals surface area (Å²) in [5.74, 6) is -0.317. The summed E-state index contributed by atoms with van der Waals surface area (Å²) < 4.78 is 28.4. The second-order valence-corrected chi connectivity index (χ2v) is 10.00. The van der Waals surface area contributed by atoms with Crippen LogP contribution in [0.3, 0.4) is 0 Å². The van der Waals surface area contributed by atoms with E-state index in [1.54, 1.807) is 24.3 Å². The number of hydrogen-bond acceptors (Lipinski definition) is 3. The third kappa shape index (κ3) is 4.13. The molecule has 1 atom stereocenters. The van der Waals surface area contributed by atoms with Crippen LogP contribution in [0.1, 0.15) is 27.8 Å². The summed E-state index contributed by atoms with van der Waals surface area (Å²) in [7, 11) is -3.86. The average molecular weight is 435 g/mol. The number of para-hydroxylation sites is 1. The fourth-order valence-corrected chi connectivity index (χ4v) is 5.60. The molecule has 1 N–H and O–H groups in total. The number of rotatable bonds is 4. The molecular weight excluding hydrogens is 408 g/mol. The van der Waals surface area contributed by atoms with Crippen molar-refractivity contribution in [3.63, 3.8) is 0 Å². The Hall–Kier alpha value is -2.96. The quantitative estimate of drug-likeness (QED) is 0.663. The van der Waals surface area contributed by atoms with Crippen molar-refractivity contribution in [2.24, 2.45) is 0 Å². The first-order valence-electron chi connectivity index (χ1n) is 10.3. The Morgan fingerprint density at radius 3 is 2.13 bits per heavy atom. The number of sulfonamides is 1. The molecule has 0 aromatic heterocycles. The van der Waals surface area contributed by atoms with Crippen LogP contribution in [0.15, 0.2) is 71.6 Å². The van der Waals surface area contributed by atoms with Gasteiger partial charge >= 0.3 is 0 Å². The van der Waals surface area contributed by atoms with E-state index in [-0.39, 0.29) is 17.3 Å². The van der Waals surface area contributed by atoms with Gasteiger partial charge in [0.25, 0.3) is 0 Å². The number of nitrogens with zero attached hydrogens (tertiary/aromatic N) is 1. The molecule has 31 heavy (non-hydrogen) atoms. The Kier molecular flexibility index (Phi) is 5.69. The van der Waals surface area contributed by atoms with E-state index in [0.717, 1.165) is 33.5 Å². The molecule has 3 aromatic carbocycles. The molecule has 4 rings (SSSR count). The summed E-state index contributed by atoms with van der Waals surface area (Å²) >= 11 is 0. The van der Waals surface area contributed by atoms with Gasteiger partial charge in [0.2, 0.25) is 15.9 Å². The lowest BCUT2D eigenvalue weighted by atomic mass is 9.95. The molecule has 1 aliphatic rings. The number of aryl methyl sites for hydroxylation is 3. The number of anilines is 1. The van der Waals surface area contributed by atoms with Gasteiger partial charge in [0.05, 0.1) is 4.90 Å². The van der Waals surface area contributed by atoms with E-state index in [9.17, 15) is 13.2 Å². The zero-order valence-electron chi connectivity index (χ0n) is 17.9. The highest BCUT2D eigenvalue weighted by Crippen LogP contribution is 2.30. The summed E-state index contributed by atoms with van der Waals surface area (Å²) in [6, 6.07) is 19.4. The van der Waals surface area contributed by atoms with Gasteiger partial charge in [-0.15, -0.1) is 0 Å².